The van der Waals surface area contributed by atoms with Gasteiger partial charge < -0.3 is 0 Å². The summed E-state index contributed by atoms with van der Waals surface area (Å²) in [6.45, 7) is 5.06. The molecule has 1 heterocycles. The number of carbonyl (C=O) groups excluding carboxylic acids is 1. The summed E-state index contributed by atoms with van der Waals surface area (Å²) in [6.07, 6.45) is -4.43. The Morgan fingerprint density at radius 3 is 2.52 bits per heavy atom. The first kappa shape index (κ1) is 15.2. The summed E-state index contributed by atoms with van der Waals surface area (Å²) in [4.78, 5) is 11.9. The maximum absolute atomic E-state index is 12.7. The van der Waals surface area contributed by atoms with E-state index in [2.05, 4.69) is 10.3 Å². The smallest absolute Gasteiger partial charge is 0.292 e. The number of rotatable bonds is 3. The van der Waals surface area contributed by atoms with Crippen LogP contribution in [0.4, 0.5) is 13.2 Å². The molecule has 0 radical (unpaired) electrons. The lowest BCUT2D eigenvalue weighted by Gasteiger charge is -2.09. The minimum atomic E-state index is -4.43. The number of alkyl halides is 3. The van der Waals surface area contributed by atoms with Gasteiger partial charge in [-0.3, -0.25) is 4.79 Å². The molecule has 7 heteroatoms. The lowest BCUT2D eigenvalue weighted by Crippen LogP contribution is -2.10. The molecule has 2 rings (SSSR count). The van der Waals surface area contributed by atoms with Crippen LogP contribution in [0.1, 0.15) is 35.6 Å². The highest BCUT2D eigenvalue weighted by Gasteiger charge is 2.31. The Kier molecular flexibility index (Phi) is 3.85. The van der Waals surface area contributed by atoms with Crippen LogP contribution in [0.15, 0.2) is 24.3 Å². The van der Waals surface area contributed by atoms with Gasteiger partial charge >= 0.3 is 6.18 Å². The van der Waals surface area contributed by atoms with Crippen molar-refractivity contribution in [3.05, 3.63) is 41.2 Å². The minimum Gasteiger partial charge on any atom is -0.292 e. The summed E-state index contributed by atoms with van der Waals surface area (Å²) in [6, 6.07) is 4.74. The van der Waals surface area contributed by atoms with Crippen molar-refractivity contribution < 1.29 is 18.0 Å². The predicted octanol–water partition coefficient (Wildman–Crippen LogP) is 3.43. The van der Waals surface area contributed by atoms with Crippen LogP contribution in [0.25, 0.3) is 5.69 Å². The molecule has 0 atom stereocenters. The van der Waals surface area contributed by atoms with Crippen LogP contribution >= 0.6 is 0 Å². The number of hydrogen-bond donors (Lipinski definition) is 0. The summed E-state index contributed by atoms with van der Waals surface area (Å²) >= 11 is 0. The Morgan fingerprint density at radius 2 is 1.95 bits per heavy atom. The molecule has 0 fully saturated rings. The Bertz CT molecular complexity index is 674. The van der Waals surface area contributed by atoms with Crippen LogP contribution in [0.3, 0.4) is 0 Å². The molecule has 0 saturated carbocycles. The van der Waals surface area contributed by atoms with Crippen molar-refractivity contribution in [2.24, 2.45) is 5.92 Å². The van der Waals surface area contributed by atoms with E-state index in [0.29, 0.717) is 5.69 Å². The summed E-state index contributed by atoms with van der Waals surface area (Å²) < 4.78 is 39.4. The Labute approximate surface area is 119 Å². The normalized spacial score (nSPS) is 12.0. The van der Waals surface area contributed by atoms with Crippen molar-refractivity contribution >= 4 is 5.78 Å². The number of ketones is 1. The molecule has 0 aliphatic carbocycles. The zero-order valence-electron chi connectivity index (χ0n) is 11.8. The Hall–Kier alpha value is -2.18. The van der Waals surface area contributed by atoms with Gasteiger partial charge in [-0.05, 0) is 25.1 Å². The molecule has 0 aliphatic heterocycles. The maximum atomic E-state index is 12.7. The fourth-order valence-electron chi connectivity index (χ4n) is 1.89. The Morgan fingerprint density at radius 1 is 1.29 bits per heavy atom. The van der Waals surface area contributed by atoms with Gasteiger partial charge in [0.15, 0.2) is 11.5 Å². The van der Waals surface area contributed by atoms with Crippen LogP contribution in [-0.2, 0) is 6.18 Å². The molecule has 0 saturated heterocycles. The molecule has 0 bridgehead atoms. The fraction of sp³-hybridized carbons (Fsp3) is 0.357. The highest BCUT2D eigenvalue weighted by atomic mass is 19.4. The van der Waals surface area contributed by atoms with E-state index in [4.69, 9.17) is 0 Å². The topological polar surface area (TPSA) is 47.8 Å². The average Bonchev–Trinajstić information content (AvgIpc) is 2.78. The van der Waals surface area contributed by atoms with Gasteiger partial charge in [-0.1, -0.05) is 25.1 Å². The van der Waals surface area contributed by atoms with Crippen molar-refractivity contribution in [1.29, 1.82) is 0 Å². The van der Waals surface area contributed by atoms with Crippen LogP contribution in [0.5, 0.6) is 0 Å². The van der Waals surface area contributed by atoms with Gasteiger partial charge in [-0.25, -0.2) is 4.68 Å². The van der Waals surface area contributed by atoms with Crippen molar-refractivity contribution in [1.82, 2.24) is 15.0 Å². The van der Waals surface area contributed by atoms with Gasteiger partial charge in [0.2, 0.25) is 0 Å². The van der Waals surface area contributed by atoms with Gasteiger partial charge in [0.25, 0.3) is 0 Å². The lowest BCUT2D eigenvalue weighted by atomic mass is 10.1. The summed E-state index contributed by atoms with van der Waals surface area (Å²) in [5.41, 5.74) is 0.0553. The standard InChI is InChI=1S/C14H14F3N3O/c1-8(2)13(21)12-9(3)20(19-18-12)11-6-4-5-10(7-11)14(15,16)17/h4-8H,1-3H3. The molecular formula is C14H14F3N3O. The second kappa shape index (κ2) is 5.31. The fourth-order valence-corrected chi connectivity index (χ4v) is 1.89. The maximum Gasteiger partial charge on any atom is 0.416 e. The number of carbonyl (C=O) groups is 1. The number of nitrogens with zero attached hydrogens (tertiary/aromatic N) is 3. The predicted molar refractivity (Wildman–Crippen MR) is 70.3 cm³/mol. The number of hydrogen-bond acceptors (Lipinski definition) is 3. The van der Waals surface area contributed by atoms with E-state index in [1.165, 1.54) is 16.8 Å². The lowest BCUT2D eigenvalue weighted by molar-refractivity contribution is -0.137. The molecule has 1 aromatic heterocycles. The van der Waals surface area contributed by atoms with Crippen molar-refractivity contribution in [2.75, 3.05) is 0 Å². The SMILES string of the molecule is Cc1c(C(=O)C(C)C)nnn1-c1cccc(C(F)(F)F)c1. The third kappa shape index (κ3) is 2.96. The molecule has 0 aliphatic rings. The van der Waals surface area contributed by atoms with Crippen molar-refractivity contribution in [3.8, 4) is 5.69 Å². The van der Waals surface area contributed by atoms with Crippen LogP contribution in [-0.4, -0.2) is 20.8 Å². The van der Waals surface area contributed by atoms with E-state index in [0.717, 1.165) is 12.1 Å². The van der Waals surface area contributed by atoms with Crippen LogP contribution < -0.4 is 0 Å². The van der Waals surface area contributed by atoms with Gasteiger partial charge in [-0.2, -0.15) is 13.2 Å². The van der Waals surface area contributed by atoms with E-state index in [-0.39, 0.29) is 23.1 Å². The number of Topliss-reactive ketones (excluding diaryl/α,β-unsaturated/α-hetero) is 1. The van der Waals surface area contributed by atoms with Crippen molar-refractivity contribution in [3.63, 3.8) is 0 Å². The monoisotopic (exact) mass is 297 g/mol. The number of aromatic nitrogens is 3. The first-order valence-electron chi connectivity index (χ1n) is 6.36. The first-order valence-corrected chi connectivity index (χ1v) is 6.36. The molecule has 112 valence electrons. The summed E-state index contributed by atoms with van der Waals surface area (Å²) in [5.74, 6) is -0.443. The third-order valence-electron chi connectivity index (χ3n) is 3.07. The molecule has 2 aromatic rings. The Balaban J connectivity index is 2.47. The second-order valence-electron chi connectivity index (χ2n) is 5.00. The minimum absolute atomic E-state index is 0.183. The van der Waals surface area contributed by atoms with E-state index in [1.807, 2.05) is 0 Å². The molecule has 21 heavy (non-hydrogen) atoms. The molecule has 0 amide bonds. The molecule has 4 nitrogen and oxygen atoms in total. The highest BCUT2D eigenvalue weighted by Crippen LogP contribution is 2.30. The zero-order chi connectivity index (χ0) is 15.8. The van der Waals surface area contributed by atoms with Gasteiger partial charge in [0.1, 0.15) is 0 Å². The van der Waals surface area contributed by atoms with Gasteiger partial charge in [0, 0.05) is 5.92 Å². The van der Waals surface area contributed by atoms with E-state index >= 15 is 0 Å². The number of benzene rings is 1. The third-order valence-corrected chi connectivity index (χ3v) is 3.07. The molecule has 0 unspecified atom stereocenters. The summed E-state index contributed by atoms with van der Waals surface area (Å²) in [5, 5.41) is 7.58. The largest absolute Gasteiger partial charge is 0.416 e. The molecular weight excluding hydrogens is 283 g/mol. The van der Waals surface area contributed by atoms with Gasteiger partial charge in [-0.15, -0.1) is 5.10 Å². The van der Waals surface area contributed by atoms with Gasteiger partial charge in [0.05, 0.1) is 16.9 Å². The molecule has 1 aromatic carbocycles. The molecule has 0 N–H and O–H groups in total. The van der Waals surface area contributed by atoms with E-state index < -0.39 is 11.7 Å². The zero-order valence-corrected chi connectivity index (χ0v) is 11.8. The highest BCUT2D eigenvalue weighted by molar-refractivity contribution is 5.96. The van der Waals surface area contributed by atoms with E-state index in [9.17, 15) is 18.0 Å². The van der Waals surface area contributed by atoms with Crippen LogP contribution in [0, 0.1) is 12.8 Å². The quantitative estimate of drug-likeness (QED) is 0.815. The summed E-state index contributed by atoms with van der Waals surface area (Å²) in [7, 11) is 0. The van der Waals surface area contributed by atoms with Crippen molar-refractivity contribution in [2.45, 2.75) is 26.9 Å². The van der Waals surface area contributed by atoms with Crippen LogP contribution in [0.2, 0.25) is 0 Å². The second-order valence-corrected chi connectivity index (χ2v) is 5.00. The number of halogens is 3. The van der Waals surface area contributed by atoms with E-state index in [1.54, 1.807) is 20.8 Å². The molecule has 0 spiro atoms. The first-order chi connectivity index (χ1) is 9.71. The average molecular weight is 297 g/mol.